The van der Waals surface area contributed by atoms with Crippen molar-refractivity contribution in [1.29, 1.82) is 0 Å². The Balaban J connectivity index is 1.19. The van der Waals surface area contributed by atoms with Crippen LogP contribution in [0.4, 0.5) is 0 Å². The van der Waals surface area contributed by atoms with Gasteiger partial charge >= 0.3 is 0 Å². The third kappa shape index (κ3) is 4.54. The topological polar surface area (TPSA) is 76.4 Å². The van der Waals surface area contributed by atoms with Gasteiger partial charge in [-0.25, -0.2) is 4.68 Å². The number of aromatic nitrogens is 4. The smallest absolute Gasteiger partial charge is 0.226 e. The van der Waals surface area contributed by atoms with Gasteiger partial charge in [-0.1, -0.05) is 12.8 Å². The highest BCUT2D eigenvalue weighted by atomic mass is 16.5. The van der Waals surface area contributed by atoms with Gasteiger partial charge in [-0.3, -0.25) is 9.69 Å². The molecule has 0 aromatic carbocycles. The van der Waals surface area contributed by atoms with Crippen molar-refractivity contribution < 1.29 is 9.53 Å². The van der Waals surface area contributed by atoms with Crippen LogP contribution in [0.25, 0.3) is 0 Å². The highest BCUT2D eigenvalue weighted by Crippen LogP contribution is 2.35. The molecule has 1 aromatic rings. The van der Waals surface area contributed by atoms with Crippen molar-refractivity contribution in [2.24, 2.45) is 11.8 Å². The van der Waals surface area contributed by atoms with Crippen molar-refractivity contribution in [2.75, 3.05) is 32.8 Å². The average Bonchev–Trinajstić information content (AvgIpc) is 3.58. The molecule has 0 unspecified atom stereocenters. The molecule has 1 aromatic heterocycles. The van der Waals surface area contributed by atoms with Crippen LogP contribution in [0.5, 0.6) is 0 Å². The number of piperidine rings is 1. The number of carbonyl (C=O) groups excluding carboxylic acids is 1. The zero-order valence-electron chi connectivity index (χ0n) is 18.1. The Labute approximate surface area is 179 Å². The van der Waals surface area contributed by atoms with E-state index in [1.807, 2.05) is 4.68 Å². The Kier molecular flexibility index (Phi) is 6.32. The Morgan fingerprint density at radius 2 is 1.73 bits per heavy atom. The van der Waals surface area contributed by atoms with Crippen LogP contribution in [0.1, 0.15) is 76.1 Å². The van der Waals surface area contributed by atoms with Crippen molar-refractivity contribution in [3.8, 4) is 0 Å². The molecule has 0 spiro atoms. The molecule has 4 aliphatic rings. The van der Waals surface area contributed by atoms with Gasteiger partial charge in [-0.05, 0) is 80.8 Å². The Hall–Kier alpha value is -1.54. The van der Waals surface area contributed by atoms with E-state index in [0.29, 0.717) is 23.9 Å². The zero-order chi connectivity index (χ0) is 20.3. The molecule has 166 valence electrons. The van der Waals surface area contributed by atoms with Gasteiger partial charge in [0.2, 0.25) is 5.91 Å². The molecule has 8 heteroatoms. The molecule has 1 saturated carbocycles. The van der Waals surface area contributed by atoms with Gasteiger partial charge in [-0.15, -0.1) is 5.10 Å². The highest BCUT2D eigenvalue weighted by Gasteiger charge is 2.37. The number of rotatable bonds is 5. The lowest BCUT2D eigenvalue weighted by atomic mass is 9.85. The van der Waals surface area contributed by atoms with Gasteiger partial charge in [0.1, 0.15) is 0 Å². The number of hydrogen-bond donors (Lipinski definition) is 0. The maximum absolute atomic E-state index is 13.4. The fraction of sp³-hybridized carbons (Fsp3) is 0.909. The second kappa shape index (κ2) is 9.30. The molecule has 3 aliphatic heterocycles. The van der Waals surface area contributed by atoms with Crippen molar-refractivity contribution in [2.45, 2.75) is 82.8 Å². The molecule has 1 aliphatic carbocycles. The van der Waals surface area contributed by atoms with Gasteiger partial charge in [0.05, 0.1) is 12.6 Å². The molecule has 0 bridgehead atoms. The number of amides is 1. The molecule has 8 nitrogen and oxygen atoms in total. The van der Waals surface area contributed by atoms with Crippen molar-refractivity contribution in [3.05, 3.63) is 5.82 Å². The third-order valence-electron chi connectivity index (χ3n) is 7.65. The fourth-order valence-electron chi connectivity index (χ4n) is 5.69. The second-order valence-corrected chi connectivity index (χ2v) is 9.72. The minimum absolute atomic E-state index is 0.181. The number of hydrogen-bond acceptors (Lipinski definition) is 6. The lowest BCUT2D eigenvalue weighted by Gasteiger charge is -2.42. The number of nitrogens with zero attached hydrogens (tertiary/aromatic N) is 6. The van der Waals surface area contributed by atoms with E-state index in [2.05, 4.69) is 25.3 Å². The first-order valence-electron chi connectivity index (χ1n) is 12.2. The first-order chi connectivity index (χ1) is 14.8. The zero-order valence-corrected chi connectivity index (χ0v) is 18.1. The lowest BCUT2D eigenvalue weighted by Crippen LogP contribution is -2.50. The Morgan fingerprint density at radius 1 is 0.933 bits per heavy atom. The normalized spacial score (nSPS) is 27.9. The summed E-state index contributed by atoms with van der Waals surface area (Å²) in [5.41, 5.74) is 0. The first kappa shape index (κ1) is 20.4. The van der Waals surface area contributed by atoms with Crippen LogP contribution in [-0.2, 0) is 16.1 Å². The number of ether oxygens (including phenoxy) is 1. The van der Waals surface area contributed by atoms with Gasteiger partial charge in [0, 0.05) is 31.7 Å². The van der Waals surface area contributed by atoms with Crippen LogP contribution in [-0.4, -0.2) is 74.8 Å². The summed E-state index contributed by atoms with van der Waals surface area (Å²) in [6, 6.07) is 0.963. The van der Waals surface area contributed by atoms with E-state index in [4.69, 9.17) is 4.74 Å². The molecular formula is C22H36N6O2. The molecule has 5 rings (SSSR count). The first-order valence-corrected chi connectivity index (χ1v) is 12.2. The van der Waals surface area contributed by atoms with Crippen LogP contribution in [0, 0.1) is 11.8 Å². The third-order valence-corrected chi connectivity index (χ3v) is 7.65. The van der Waals surface area contributed by atoms with E-state index in [1.54, 1.807) is 0 Å². The van der Waals surface area contributed by atoms with Crippen LogP contribution >= 0.6 is 0 Å². The molecule has 0 radical (unpaired) electrons. The SMILES string of the molecule is O=C(C1CCOCC1)N1CCCCC[C@@H]1C1CCN(Cc2nnnn2C2CC2)CC1. The summed E-state index contributed by atoms with van der Waals surface area (Å²) in [6.45, 7) is 5.46. The standard InChI is InChI=1S/C22H36N6O2/c29-22(18-9-14-30-15-10-18)27-11-3-1-2-4-20(27)17-7-12-26(13-8-17)16-21-23-24-25-28(21)19-5-6-19/h17-20H,1-16H2/t20-/m1/s1. The van der Waals surface area contributed by atoms with E-state index in [0.717, 1.165) is 64.5 Å². The molecular weight excluding hydrogens is 380 g/mol. The molecule has 3 saturated heterocycles. The summed E-state index contributed by atoms with van der Waals surface area (Å²) in [5.74, 6) is 2.24. The average molecular weight is 417 g/mol. The molecule has 4 fully saturated rings. The largest absolute Gasteiger partial charge is 0.381 e. The molecule has 1 atom stereocenters. The van der Waals surface area contributed by atoms with E-state index in [9.17, 15) is 4.79 Å². The predicted octanol–water partition coefficient (Wildman–Crippen LogP) is 2.42. The maximum Gasteiger partial charge on any atom is 0.226 e. The van der Waals surface area contributed by atoms with Crippen molar-refractivity contribution in [3.63, 3.8) is 0 Å². The van der Waals surface area contributed by atoms with E-state index >= 15 is 0 Å². The van der Waals surface area contributed by atoms with Gasteiger partial charge in [0.25, 0.3) is 0 Å². The van der Waals surface area contributed by atoms with Crippen LogP contribution in [0.15, 0.2) is 0 Å². The summed E-state index contributed by atoms with van der Waals surface area (Å²) in [4.78, 5) is 18.2. The second-order valence-electron chi connectivity index (χ2n) is 9.72. The van der Waals surface area contributed by atoms with Gasteiger partial charge in [0.15, 0.2) is 5.82 Å². The molecule has 30 heavy (non-hydrogen) atoms. The minimum Gasteiger partial charge on any atom is -0.381 e. The van der Waals surface area contributed by atoms with Crippen LogP contribution in [0.3, 0.4) is 0 Å². The monoisotopic (exact) mass is 416 g/mol. The Bertz CT molecular complexity index is 706. The highest BCUT2D eigenvalue weighted by molar-refractivity contribution is 5.79. The molecule has 1 amide bonds. The summed E-state index contributed by atoms with van der Waals surface area (Å²) in [6.07, 6.45) is 11.4. The molecule has 4 heterocycles. The maximum atomic E-state index is 13.4. The van der Waals surface area contributed by atoms with Crippen molar-refractivity contribution >= 4 is 5.91 Å². The van der Waals surface area contributed by atoms with E-state index < -0.39 is 0 Å². The van der Waals surface area contributed by atoms with Crippen molar-refractivity contribution in [1.82, 2.24) is 30.0 Å². The van der Waals surface area contributed by atoms with E-state index in [-0.39, 0.29) is 5.92 Å². The fourth-order valence-corrected chi connectivity index (χ4v) is 5.69. The van der Waals surface area contributed by atoms with Crippen LogP contribution < -0.4 is 0 Å². The summed E-state index contributed by atoms with van der Waals surface area (Å²) < 4.78 is 7.53. The molecule has 0 N–H and O–H groups in total. The minimum atomic E-state index is 0.181. The summed E-state index contributed by atoms with van der Waals surface area (Å²) in [5, 5.41) is 12.4. The summed E-state index contributed by atoms with van der Waals surface area (Å²) in [7, 11) is 0. The van der Waals surface area contributed by atoms with Gasteiger partial charge < -0.3 is 9.64 Å². The number of tetrazole rings is 1. The van der Waals surface area contributed by atoms with Crippen LogP contribution in [0.2, 0.25) is 0 Å². The Morgan fingerprint density at radius 3 is 2.50 bits per heavy atom. The number of likely N-dealkylation sites (tertiary alicyclic amines) is 2. The number of carbonyl (C=O) groups is 1. The predicted molar refractivity (Wildman–Crippen MR) is 112 cm³/mol. The van der Waals surface area contributed by atoms with Gasteiger partial charge in [-0.2, -0.15) is 0 Å². The lowest BCUT2D eigenvalue weighted by molar-refractivity contribution is -0.142. The quantitative estimate of drug-likeness (QED) is 0.734. The summed E-state index contributed by atoms with van der Waals surface area (Å²) >= 11 is 0. The van der Waals surface area contributed by atoms with E-state index in [1.165, 1.54) is 44.9 Å².